The standard InChI is InChI=1S/C25H26FN3O6/c1-16-3-4-18(15-20(16)26)23(30)21-22(17-5-7-19(8-6-17)29(33)34)28(25(32)24(21)31)10-2-9-27-11-13-35-14-12-27/h3-8,15,22,30H,2,9-14H2,1H3/t22-/m0/s1. The van der Waals surface area contributed by atoms with E-state index in [4.69, 9.17) is 4.74 Å². The van der Waals surface area contributed by atoms with Crippen LogP contribution in [0.3, 0.4) is 0 Å². The van der Waals surface area contributed by atoms with Gasteiger partial charge in [-0.3, -0.25) is 24.6 Å². The van der Waals surface area contributed by atoms with Crippen molar-refractivity contribution in [2.24, 2.45) is 0 Å². The summed E-state index contributed by atoms with van der Waals surface area (Å²) in [5.41, 5.74) is 0.579. The molecule has 2 aromatic carbocycles. The zero-order chi connectivity index (χ0) is 25.1. The molecule has 0 aliphatic carbocycles. The van der Waals surface area contributed by atoms with Crippen LogP contribution in [0.2, 0.25) is 0 Å². The Balaban J connectivity index is 1.70. The van der Waals surface area contributed by atoms with E-state index in [-0.39, 0.29) is 23.4 Å². The zero-order valence-corrected chi connectivity index (χ0v) is 19.3. The number of hydrogen-bond acceptors (Lipinski definition) is 7. The molecule has 2 aromatic rings. The van der Waals surface area contributed by atoms with Crippen molar-refractivity contribution in [1.29, 1.82) is 0 Å². The molecule has 0 unspecified atom stereocenters. The molecule has 2 aliphatic heterocycles. The van der Waals surface area contributed by atoms with Crippen LogP contribution in [-0.4, -0.2) is 70.9 Å². The summed E-state index contributed by atoms with van der Waals surface area (Å²) in [6.45, 7) is 5.35. The summed E-state index contributed by atoms with van der Waals surface area (Å²) in [5, 5.41) is 22.1. The molecule has 184 valence electrons. The number of aliphatic hydroxyl groups excluding tert-OH is 1. The number of likely N-dealkylation sites (tertiary alicyclic amines) is 1. The molecule has 0 saturated carbocycles. The Kier molecular flexibility index (Phi) is 7.23. The number of halogens is 1. The third-order valence-corrected chi connectivity index (χ3v) is 6.38. The minimum Gasteiger partial charge on any atom is -0.507 e. The van der Waals surface area contributed by atoms with Crippen molar-refractivity contribution in [3.05, 3.63) is 80.7 Å². The number of hydrogen-bond donors (Lipinski definition) is 1. The Morgan fingerprint density at radius 3 is 2.46 bits per heavy atom. The molecule has 1 atom stereocenters. The fourth-order valence-electron chi connectivity index (χ4n) is 4.42. The monoisotopic (exact) mass is 483 g/mol. The average molecular weight is 483 g/mol. The van der Waals surface area contributed by atoms with Gasteiger partial charge in [0, 0.05) is 43.9 Å². The average Bonchev–Trinajstić information content (AvgIpc) is 3.11. The van der Waals surface area contributed by atoms with Gasteiger partial charge in [-0.2, -0.15) is 0 Å². The van der Waals surface area contributed by atoms with Crippen LogP contribution in [0, 0.1) is 22.9 Å². The molecular formula is C25H26FN3O6. The van der Waals surface area contributed by atoms with Gasteiger partial charge in [-0.1, -0.05) is 12.1 Å². The Hall–Kier alpha value is -3.63. The maximum absolute atomic E-state index is 14.2. The second-order valence-corrected chi connectivity index (χ2v) is 8.61. The van der Waals surface area contributed by atoms with Crippen LogP contribution in [0.5, 0.6) is 0 Å². The van der Waals surface area contributed by atoms with Crippen molar-refractivity contribution in [2.75, 3.05) is 39.4 Å². The van der Waals surface area contributed by atoms with Crippen LogP contribution < -0.4 is 0 Å². The summed E-state index contributed by atoms with van der Waals surface area (Å²) in [5.74, 6) is -2.69. The molecule has 1 amide bonds. The number of amides is 1. The highest BCUT2D eigenvalue weighted by atomic mass is 19.1. The number of morpholine rings is 1. The van der Waals surface area contributed by atoms with Crippen molar-refractivity contribution in [3.63, 3.8) is 0 Å². The SMILES string of the molecule is Cc1ccc(C(O)=C2C(=O)C(=O)N(CCCN3CCOCC3)[C@H]2c2ccc([N+](=O)[O-])cc2)cc1F. The minimum absolute atomic E-state index is 0.0753. The lowest BCUT2D eigenvalue weighted by Crippen LogP contribution is -2.38. The molecule has 1 N–H and O–H groups in total. The Labute approximate surface area is 201 Å². The lowest BCUT2D eigenvalue weighted by atomic mass is 9.94. The van der Waals surface area contributed by atoms with E-state index in [2.05, 4.69) is 4.90 Å². The molecular weight excluding hydrogens is 457 g/mol. The van der Waals surface area contributed by atoms with E-state index >= 15 is 0 Å². The number of nitrogens with zero attached hydrogens (tertiary/aromatic N) is 3. The quantitative estimate of drug-likeness (QED) is 0.212. The number of ether oxygens (including phenoxy) is 1. The van der Waals surface area contributed by atoms with Crippen molar-refractivity contribution in [1.82, 2.24) is 9.80 Å². The normalized spacial score (nSPS) is 20.4. The molecule has 0 radical (unpaired) electrons. The van der Waals surface area contributed by atoms with Crippen molar-refractivity contribution < 1.29 is 28.7 Å². The number of nitro benzene ring substituents is 1. The van der Waals surface area contributed by atoms with Crippen LogP contribution in [-0.2, 0) is 14.3 Å². The zero-order valence-electron chi connectivity index (χ0n) is 19.3. The fraction of sp³-hybridized carbons (Fsp3) is 0.360. The number of benzene rings is 2. The second-order valence-electron chi connectivity index (χ2n) is 8.61. The fourth-order valence-corrected chi connectivity index (χ4v) is 4.42. The van der Waals surface area contributed by atoms with Gasteiger partial charge in [-0.15, -0.1) is 0 Å². The highest BCUT2D eigenvalue weighted by Gasteiger charge is 2.46. The van der Waals surface area contributed by atoms with Gasteiger partial charge in [-0.05, 0) is 42.7 Å². The lowest BCUT2D eigenvalue weighted by molar-refractivity contribution is -0.384. The van der Waals surface area contributed by atoms with Gasteiger partial charge < -0.3 is 14.7 Å². The summed E-state index contributed by atoms with van der Waals surface area (Å²) in [7, 11) is 0. The first kappa shape index (κ1) is 24.5. The van der Waals surface area contributed by atoms with Crippen LogP contribution >= 0.6 is 0 Å². The molecule has 4 rings (SSSR count). The first-order chi connectivity index (χ1) is 16.8. The largest absolute Gasteiger partial charge is 0.507 e. The summed E-state index contributed by atoms with van der Waals surface area (Å²) >= 11 is 0. The van der Waals surface area contributed by atoms with Gasteiger partial charge in [0.15, 0.2) is 0 Å². The van der Waals surface area contributed by atoms with Crippen molar-refractivity contribution in [2.45, 2.75) is 19.4 Å². The molecule has 10 heteroatoms. The Bertz CT molecular complexity index is 1170. The van der Waals surface area contributed by atoms with Gasteiger partial charge in [0.25, 0.3) is 17.4 Å². The molecule has 0 spiro atoms. The Morgan fingerprint density at radius 2 is 1.83 bits per heavy atom. The number of carbonyl (C=O) groups is 2. The topological polar surface area (TPSA) is 113 Å². The highest BCUT2D eigenvalue weighted by Crippen LogP contribution is 2.40. The van der Waals surface area contributed by atoms with Crippen molar-refractivity contribution >= 4 is 23.1 Å². The molecule has 35 heavy (non-hydrogen) atoms. The van der Waals surface area contributed by atoms with Gasteiger partial charge in [0.2, 0.25) is 0 Å². The van der Waals surface area contributed by atoms with E-state index < -0.39 is 34.2 Å². The number of carbonyl (C=O) groups excluding carboxylic acids is 2. The molecule has 2 saturated heterocycles. The van der Waals surface area contributed by atoms with E-state index in [1.807, 2.05) is 0 Å². The number of ketones is 1. The van der Waals surface area contributed by atoms with Crippen LogP contribution in [0.1, 0.15) is 29.2 Å². The molecule has 0 bridgehead atoms. The highest BCUT2D eigenvalue weighted by molar-refractivity contribution is 6.46. The lowest BCUT2D eigenvalue weighted by Gasteiger charge is -2.29. The number of aliphatic hydroxyl groups is 1. The summed E-state index contributed by atoms with van der Waals surface area (Å²) in [6.07, 6.45) is 0.579. The number of non-ortho nitro benzene ring substituents is 1. The van der Waals surface area contributed by atoms with Crippen molar-refractivity contribution in [3.8, 4) is 0 Å². The van der Waals surface area contributed by atoms with Crippen LogP contribution in [0.25, 0.3) is 5.76 Å². The number of Topliss-reactive ketones (excluding diaryl/α,β-unsaturated/α-hetero) is 1. The predicted molar refractivity (Wildman–Crippen MR) is 125 cm³/mol. The van der Waals surface area contributed by atoms with E-state index in [0.29, 0.717) is 37.3 Å². The maximum Gasteiger partial charge on any atom is 0.295 e. The van der Waals surface area contributed by atoms with Gasteiger partial charge in [0.05, 0.1) is 29.8 Å². The Morgan fingerprint density at radius 1 is 1.14 bits per heavy atom. The minimum atomic E-state index is -0.954. The number of rotatable bonds is 7. The van der Waals surface area contributed by atoms with E-state index in [0.717, 1.165) is 19.2 Å². The smallest absolute Gasteiger partial charge is 0.295 e. The van der Waals surface area contributed by atoms with Crippen LogP contribution in [0.4, 0.5) is 10.1 Å². The summed E-state index contributed by atoms with van der Waals surface area (Å²) in [6, 6.07) is 8.62. The third kappa shape index (κ3) is 5.08. The van der Waals surface area contributed by atoms with E-state index in [1.165, 1.54) is 41.3 Å². The third-order valence-electron chi connectivity index (χ3n) is 6.38. The molecule has 2 fully saturated rings. The predicted octanol–water partition coefficient (Wildman–Crippen LogP) is 3.19. The van der Waals surface area contributed by atoms with Gasteiger partial charge in [0.1, 0.15) is 11.6 Å². The van der Waals surface area contributed by atoms with E-state index in [1.54, 1.807) is 6.92 Å². The van der Waals surface area contributed by atoms with Gasteiger partial charge in [-0.25, -0.2) is 4.39 Å². The van der Waals surface area contributed by atoms with E-state index in [9.17, 15) is 29.2 Å². The first-order valence-electron chi connectivity index (χ1n) is 11.4. The summed E-state index contributed by atoms with van der Waals surface area (Å²) in [4.78, 5) is 40.2. The van der Waals surface area contributed by atoms with Gasteiger partial charge >= 0.3 is 0 Å². The second kappa shape index (κ2) is 10.3. The molecule has 2 aliphatic rings. The molecule has 9 nitrogen and oxygen atoms in total. The number of aryl methyl sites for hydroxylation is 1. The molecule has 2 heterocycles. The molecule has 0 aromatic heterocycles. The van der Waals surface area contributed by atoms with Crippen LogP contribution in [0.15, 0.2) is 48.0 Å². The summed E-state index contributed by atoms with van der Waals surface area (Å²) < 4.78 is 19.5. The first-order valence-corrected chi connectivity index (χ1v) is 11.4. The maximum atomic E-state index is 14.2. The number of nitro groups is 1.